The van der Waals surface area contributed by atoms with E-state index in [2.05, 4.69) is 17.2 Å². The van der Waals surface area contributed by atoms with Gasteiger partial charge in [0, 0.05) is 12.6 Å². The number of carbonyl (C=O) groups is 1. The molecule has 4 N–H and O–H groups in total. The maximum absolute atomic E-state index is 12.2. The van der Waals surface area contributed by atoms with Crippen LogP contribution in [0.15, 0.2) is 39.7 Å². The maximum Gasteiger partial charge on any atom is 0.261 e. The topological polar surface area (TPSA) is 101 Å². The van der Waals surface area contributed by atoms with Crippen LogP contribution in [0.25, 0.3) is 11.5 Å². The van der Waals surface area contributed by atoms with Gasteiger partial charge in [0.25, 0.3) is 11.5 Å². The van der Waals surface area contributed by atoms with E-state index in [1.165, 1.54) is 12.3 Å². The molecule has 0 spiro atoms. The first-order chi connectivity index (χ1) is 10.7. The lowest BCUT2D eigenvalue weighted by molar-refractivity contribution is 0.0934. The van der Waals surface area contributed by atoms with E-state index in [-0.39, 0.29) is 11.6 Å². The molecule has 2 heterocycles. The molecule has 1 unspecified atom stereocenters. The first-order valence-electron chi connectivity index (χ1n) is 7.43. The van der Waals surface area contributed by atoms with Gasteiger partial charge in [0.1, 0.15) is 11.3 Å². The zero-order chi connectivity index (χ0) is 15.9. The normalized spacial score (nSPS) is 12.1. The van der Waals surface area contributed by atoms with E-state index in [1.807, 2.05) is 0 Å². The summed E-state index contributed by atoms with van der Waals surface area (Å²) in [6, 6.07) is 6.50. The van der Waals surface area contributed by atoms with Crippen molar-refractivity contribution in [1.29, 1.82) is 0 Å². The molecule has 0 fully saturated rings. The molecule has 2 aromatic rings. The molecule has 118 valence electrons. The molecule has 0 aromatic carbocycles. The highest BCUT2D eigenvalue weighted by Gasteiger charge is 2.15. The van der Waals surface area contributed by atoms with Gasteiger partial charge in [-0.15, -0.1) is 0 Å². The van der Waals surface area contributed by atoms with Crippen LogP contribution >= 0.6 is 0 Å². The summed E-state index contributed by atoms with van der Waals surface area (Å²) in [5.41, 5.74) is 5.82. The second-order valence-corrected chi connectivity index (χ2v) is 5.14. The second-order valence-electron chi connectivity index (χ2n) is 5.14. The van der Waals surface area contributed by atoms with Crippen LogP contribution in [0.2, 0.25) is 0 Å². The van der Waals surface area contributed by atoms with Gasteiger partial charge >= 0.3 is 0 Å². The molecule has 0 aliphatic rings. The smallest absolute Gasteiger partial charge is 0.261 e. The van der Waals surface area contributed by atoms with Crippen molar-refractivity contribution < 1.29 is 9.21 Å². The average molecular weight is 303 g/mol. The Bertz CT molecular complexity index is 662. The van der Waals surface area contributed by atoms with Crippen molar-refractivity contribution >= 4 is 5.91 Å². The molecule has 0 aliphatic heterocycles. The number of nitrogens with two attached hydrogens (primary N) is 1. The Kier molecular flexibility index (Phi) is 5.55. The molecule has 1 amide bonds. The summed E-state index contributed by atoms with van der Waals surface area (Å²) in [5, 5.41) is 2.81. The van der Waals surface area contributed by atoms with Crippen LogP contribution in [0.5, 0.6) is 0 Å². The number of furan rings is 1. The molecule has 0 saturated heterocycles. The minimum absolute atomic E-state index is 0.0743. The molecule has 0 saturated carbocycles. The number of hydrogen-bond acceptors (Lipinski definition) is 4. The van der Waals surface area contributed by atoms with Crippen LogP contribution in [-0.4, -0.2) is 23.5 Å². The first-order valence-corrected chi connectivity index (χ1v) is 7.43. The summed E-state index contributed by atoms with van der Waals surface area (Å²) in [5.74, 6) is 0.144. The Morgan fingerprint density at radius 1 is 1.41 bits per heavy atom. The number of aromatic nitrogens is 1. The minimum Gasteiger partial charge on any atom is -0.463 e. The summed E-state index contributed by atoms with van der Waals surface area (Å²) in [6.45, 7) is 2.43. The Morgan fingerprint density at radius 2 is 2.23 bits per heavy atom. The van der Waals surface area contributed by atoms with Crippen LogP contribution in [0.4, 0.5) is 0 Å². The van der Waals surface area contributed by atoms with E-state index in [9.17, 15) is 9.59 Å². The van der Waals surface area contributed by atoms with Gasteiger partial charge in [0.2, 0.25) is 0 Å². The second kappa shape index (κ2) is 7.61. The van der Waals surface area contributed by atoms with Gasteiger partial charge in [-0.05, 0) is 30.7 Å². The number of H-pyrrole nitrogens is 1. The van der Waals surface area contributed by atoms with Gasteiger partial charge in [-0.1, -0.05) is 19.8 Å². The Hall–Kier alpha value is -2.34. The summed E-state index contributed by atoms with van der Waals surface area (Å²) in [7, 11) is 0. The number of hydrogen-bond donors (Lipinski definition) is 3. The quantitative estimate of drug-likeness (QED) is 0.727. The predicted octanol–water partition coefficient (Wildman–Crippen LogP) is 1.88. The number of amides is 1. The predicted molar refractivity (Wildman–Crippen MR) is 84.6 cm³/mol. The molecule has 6 nitrogen and oxygen atoms in total. The third kappa shape index (κ3) is 3.85. The number of rotatable bonds is 7. The third-order valence-corrected chi connectivity index (χ3v) is 3.47. The molecule has 1 atom stereocenters. The fourth-order valence-electron chi connectivity index (χ4n) is 2.19. The van der Waals surface area contributed by atoms with Crippen molar-refractivity contribution in [2.24, 2.45) is 5.73 Å². The van der Waals surface area contributed by atoms with Gasteiger partial charge in [-0.25, -0.2) is 0 Å². The lowest BCUT2D eigenvalue weighted by Gasteiger charge is -2.16. The summed E-state index contributed by atoms with van der Waals surface area (Å²) < 4.78 is 5.21. The van der Waals surface area contributed by atoms with Gasteiger partial charge < -0.3 is 20.5 Å². The Balaban J connectivity index is 2.11. The van der Waals surface area contributed by atoms with Crippen molar-refractivity contribution in [3.05, 3.63) is 46.4 Å². The largest absolute Gasteiger partial charge is 0.463 e. The zero-order valence-corrected chi connectivity index (χ0v) is 12.6. The summed E-state index contributed by atoms with van der Waals surface area (Å²) in [6.07, 6.45) is 4.34. The van der Waals surface area contributed by atoms with E-state index in [0.29, 0.717) is 18.0 Å². The monoisotopic (exact) mass is 303 g/mol. The standard InChI is InChI=1S/C16H21N3O3/c1-2-3-5-11(10-17)18-15(20)12-7-8-13(19-16(12)21)14-6-4-9-22-14/h4,6-9,11H,2-3,5,10,17H2,1H3,(H,18,20)(H,19,21). The average Bonchev–Trinajstić information content (AvgIpc) is 3.05. The molecule has 0 bridgehead atoms. The summed E-state index contributed by atoms with van der Waals surface area (Å²) in [4.78, 5) is 26.9. The molecule has 6 heteroatoms. The molecule has 2 rings (SSSR count). The molecule has 0 radical (unpaired) electrons. The van der Waals surface area contributed by atoms with Crippen LogP contribution in [-0.2, 0) is 0 Å². The highest BCUT2D eigenvalue weighted by atomic mass is 16.3. The Morgan fingerprint density at radius 3 is 2.82 bits per heavy atom. The number of nitrogens with one attached hydrogen (secondary N) is 2. The molecule has 2 aromatic heterocycles. The maximum atomic E-state index is 12.2. The van der Waals surface area contributed by atoms with E-state index in [1.54, 1.807) is 18.2 Å². The van der Waals surface area contributed by atoms with Crippen molar-refractivity contribution in [3.8, 4) is 11.5 Å². The zero-order valence-electron chi connectivity index (χ0n) is 12.6. The molecule has 0 aliphatic carbocycles. The first kappa shape index (κ1) is 16.0. The lowest BCUT2D eigenvalue weighted by atomic mass is 10.1. The van der Waals surface area contributed by atoms with E-state index in [0.717, 1.165) is 19.3 Å². The molecule has 22 heavy (non-hydrogen) atoms. The number of carbonyl (C=O) groups excluding carboxylic acids is 1. The lowest BCUT2D eigenvalue weighted by Crippen LogP contribution is -2.41. The third-order valence-electron chi connectivity index (χ3n) is 3.47. The molecular weight excluding hydrogens is 282 g/mol. The SMILES string of the molecule is CCCCC(CN)NC(=O)c1ccc(-c2ccco2)[nH]c1=O. The fraction of sp³-hybridized carbons (Fsp3) is 0.375. The van der Waals surface area contributed by atoms with Crippen molar-refractivity contribution in [1.82, 2.24) is 10.3 Å². The number of unbranched alkanes of at least 4 members (excludes halogenated alkanes) is 1. The van der Waals surface area contributed by atoms with Crippen molar-refractivity contribution in [2.45, 2.75) is 32.2 Å². The summed E-state index contributed by atoms with van der Waals surface area (Å²) >= 11 is 0. The van der Waals surface area contributed by atoms with Crippen molar-refractivity contribution in [3.63, 3.8) is 0 Å². The highest BCUT2D eigenvalue weighted by molar-refractivity contribution is 5.94. The van der Waals surface area contributed by atoms with Gasteiger partial charge in [-0.3, -0.25) is 9.59 Å². The van der Waals surface area contributed by atoms with E-state index < -0.39 is 11.5 Å². The van der Waals surface area contributed by atoms with Crippen LogP contribution in [0.3, 0.4) is 0 Å². The van der Waals surface area contributed by atoms with Gasteiger partial charge in [0.15, 0.2) is 0 Å². The Labute approximate surface area is 128 Å². The molecular formula is C16H21N3O3. The highest BCUT2D eigenvalue weighted by Crippen LogP contribution is 2.15. The minimum atomic E-state index is -0.447. The van der Waals surface area contributed by atoms with E-state index >= 15 is 0 Å². The van der Waals surface area contributed by atoms with E-state index in [4.69, 9.17) is 10.2 Å². The van der Waals surface area contributed by atoms with Crippen molar-refractivity contribution in [2.75, 3.05) is 6.54 Å². The van der Waals surface area contributed by atoms with Crippen LogP contribution in [0.1, 0.15) is 36.5 Å². The fourth-order valence-corrected chi connectivity index (χ4v) is 2.19. The van der Waals surface area contributed by atoms with Gasteiger partial charge in [0.05, 0.1) is 12.0 Å². The van der Waals surface area contributed by atoms with Gasteiger partial charge in [-0.2, -0.15) is 0 Å². The number of pyridine rings is 1. The van der Waals surface area contributed by atoms with Crippen LogP contribution < -0.4 is 16.6 Å². The number of aromatic amines is 1. The van der Waals surface area contributed by atoms with Crippen LogP contribution in [0, 0.1) is 0 Å².